The van der Waals surface area contributed by atoms with Gasteiger partial charge in [-0.1, -0.05) is 48.0 Å². The lowest BCUT2D eigenvalue weighted by Gasteiger charge is -2.29. The molecule has 1 aliphatic heterocycles. The third-order valence-electron chi connectivity index (χ3n) is 4.93. The molecule has 1 fully saturated rings. The average Bonchev–Trinajstić information content (AvgIpc) is 3.18. The predicted molar refractivity (Wildman–Crippen MR) is 110 cm³/mol. The third-order valence-corrected chi connectivity index (χ3v) is 4.93. The number of benzene rings is 2. The molecule has 0 saturated carbocycles. The molecule has 29 heavy (non-hydrogen) atoms. The molecule has 0 bridgehead atoms. The van der Waals surface area contributed by atoms with Crippen LogP contribution in [0.2, 0.25) is 0 Å². The van der Waals surface area contributed by atoms with Crippen molar-refractivity contribution in [3.63, 3.8) is 0 Å². The smallest absolute Gasteiger partial charge is 0.263 e. The summed E-state index contributed by atoms with van der Waals surface area (Å²) < 4.78 is 0. The van der Waals surface area contributed by atoms with Crippen molar-refractivity contribution in [1.29, 1.82) is 0 Å². The molecule has 3 amide bonds. The molecule has 2 aromatic carbocycles. The lowest BCUT2D eigenvalue weighted by atomic mass is 10.1. The molecule has 1 unspecified atom stereocenters. The van der Waals surface area contributed by atoms with Crippen molar-refractivity contribution in [2.75, 3.05) is 26.2 Å². The van der Waals surface area contributed by atoms with Crippen LogP contribution in [0.1, 0.15) is 21.5 Å². The number of nitrogens with two attached hydrogens (primary N) is 1. The third kappa shape index (κ3) is 4.81. The molecule has 3 rings (SSSR count). The summed E-state index contributed by atoms with van der Waals surface area (Å²) in [7, 11) is 0. The van der Waals surface area contributed by atoms with E-state index in [-0.39, 0.29) is 31.3 Å². The molecule has 0 aromatic heterocycles. The molecular weight excluding hydrogens is 368 g/mol. The highest BCUT2D eigenvalue weighted by molar-refractivity contribution is 5.99. The van der Waals surface area contributed by atoms with Crippen molar-refractivity contribution in [3.05, 3.63) is 71.3 Å². The Morgan fingerprint density at radius 3 is 2.31 bits per heavy atom. The number of nitrogens with zero attached hydrogens (tertiary/aromatic N) is 2. The topological polar surface area (TPSA) is 95.7 Å². The summed E-state index contributed by atoms with van der Waals surface area (Å²) in [4.78, 5) is 41.7. The largest absolute Gasteiger partial charge is 0.351 e. The monoisotopic (exact) mass is 394 g/mol. The van der Waals surface area contributed by atoms with Crippen LogP contribution < -0.4 is 11.1 Å². The van der Waals surface area contributed by atoms with Gasteiger partial charge in [0.15, 0.2) is 6.17 Å². The summed E-state index contributed by atoms with van der Waals surface area (Å²) in [5, 5.41) is 2.72. The molecule has 0 spiro atoms. The number of aryl methyl sites for hydroxylation is 1. The standard InChI is InChI=1S/C22H26N4O3/c1-16-7-9-18(10-8-16)22(29)26-14-13-25(21(26)20(28)24-12-11-23)19(27)15-17-5-3-2-4-6-17/h2-10,21H,11-15,23H2,1H3,(H,24,28). The maximum absolute atomic E-state index is 13.1. The SMILES string of the molecule is Cc1ccc(C(=O)N2CCN(C(=O)Cc3ccccc3)C2C(=O)NCCN)cc1. The molecule has 1 aliphatic rings. The van der Waals surface area contributed by atoms with Crippen molar-refractivity contribution in [3.8, 4) is 0 Å². The van der Waals surface area contributed by atoms with Crippen molar-refractivity contribution < 1.29 is 14.4 Å². The first-order valence-corrected chi connectivity index (χ1v) is 9.70. The van der Waals surface area contributed by atoms with Gasteiger partial charge in [0.25, 0.3) is 11.8 Å². The molecule has 152 valence electrons. The zero-order valence-corrected chi connectivity index (χ0v) is 16.5. The van der Waals surface area contributed by atoms with Crippen LogP contribution >= 0.6 is 0 Å². The van der Waals surface area contributed by atoms with E-state index in [2.05, 4.69) is 5.32 Å². The van der Waals surface area contributed by atoms with Crippen LogP contribution in [0.3, 0.4) is 0 Å². The number of carbonyl (C=O) groups excluding carboxylic acids is 3. The Kier molecular flexibility index (Phi) is 6.61. The fraction of sp³-hybridized carbons (Fsp3) is 0.318. The summed E-state index contributed by atoms with van der Waals surface area (Å²) >= 11 is 0. The van der Waals surface area contributed by atoms with E-state index >= 15 is 0 Å². The van der Waals surface area contributed by atoms with Crippen LogP contribution in [-0.4, -0.2) is 59.9 Å². The minimum absolute atomic E-state index is 0.175. The van der Waals surface area contributed by atoms with Crippen molar-refractivity contribution in [1.82, 2.24) is 15.1 Å². The van der Waals surface area contributed by atoms with Gasteiger partial charge < -0.3 is 20.9 Å². The molecule has 7 nitrogen and oxygen atoms in total. The van der Waals surface area contributed by atoms with E-state index < -0.39 is 12.1 Å². The Morgan fingerprint density at radius 1 is 1.00 bits per heavy atom. The second kappa shape index (κ2) is 9.34. The van der Waals surface area contributed by atoms with Crippen LogP contribution in [0.5, 0.6) is 0 Å². The molecule has 1 atom stereocenters. The number of hydrogen-bond donors (Lipinski definition) is 2. The van der Waals surface area contributed by atoms with Gasteiger partial charge in [0.1, 0.15) is 0 Å². The van der Waals surface area contributed by atoms with E-state index in [9.17, 15) is 14.4 Å². The highest BCUT2D eigenvalue weighted by Gasteiger charge is 2.42. The molecule has 0 aliphatic carbocycles. The lowest BCUT2D eigenvalue weighted by molar-refractivity contribution is -0.140. The van der Waals surface area contributed by atoms with E-state index in [1.165, 1.54) is 9.80 Å². The Balaban J connectivity index is 1.82. The van der Waals surface area contributed by atoms with Crippen LogP contribution in [-0.2, 0) is 16.0 Å². The highest BCUT2D eigenvalue weighted by Crippen LogP contribution is 2.20. The van der Waals surface area contributed by atoms with Gasteiger partial charge in [-0.3, -0.25) is 14.4 Å². The second-order valence-corrected chi connectivity index (χ2v) is 7.07. The van der Waals surface area contributed by atoms with Crippen LogP contribution in [0.25, 0.3) is 0 Å². The van der Waals surface area contributed by atoms with E-state index in [4.69, 9.17) is 5.73 Å². The molecule has 1 saturated heterocycles. The Labute approximate surface area is 170 Å². The van der Waals surface area contributed by atoms with E-state index in [0.717, 1.165) is 11.1 Å². The molecule has 1 heterocycles. The number of carbonyl (C=O) groups is 3. The van der Waals surface area contributed by atoms with Crippen molar-refractivity contribution in [2.45, 2.75) is 19.5 Å². The lowest BCUT2D eigenvalue weighted by Crippen LogP contribution is -2.54. The summed E-state index contributed by atoms with van der Waals surface area (Å²) in [5.74, 6) is -0.856. The summed E-state index contributed by atoms with van der Waals surface area (Å²) in [6.45, 7) is 3.11. The van der Waals surface area contributed by atoms with Crippen LogP contribution in [0.15, 0.2) is 54.6 Å². The first-order valence-electron chi connectivity index (χ1n) is 9.70. The minimum Gasteiger partial charge on any atom is -0.351 e. The quantitative estimate of drug-likeness (QED) is 0.762. The average molecular weight is 394 g/mol. The molecule has 2 aromatic rings. The molecule has 3 N–H and O–H groups in total. The fourth-order valence-corrected chi connectivity index (χ4v) is 3.41. The van der Waals surface area contributed by atoms with E-state index in [1.807, 2.05) is 49.4 Å². The molecule has 0 radical (unpaired) electrons. The van der Waals surface area contributed by atoms with Gasteiger partial charge in [0, 0.05) is 31.7 Å². The van der Waals surface area contributed by atoms with Gasteiger partial charge >= 0.3 is 0 Å². The first-order chi connectivity index (χ1) is 14.0. The maximum atomic E-state index is 13.1. The van der Waals surface area contributed by atoms with Gasteiger partial charge in [-0.05, 0) is 24.6 Å². The van der Waals surface area contributed by atoms with Gasteiger partial charge in [-0.25, -0.2) is 0 Å². The van der Waals surface area contributed by atoms with Gasteiger partial charge in [0.05, 0.1) is 6.42 Å². The zero-order valence-electron chi connectivity index (χ0n) is 16.5. The van der Waals surface area contributed by atoms with E-state index in [0.29, 0.717) is 18.7 Å². The van der Waals surface area contributed by atoms with Crippen LogP contribution in [0, 0.1) is 6.92 Å². The van der Waals surface area contributed by atoms with Gasteiger partial charge in [-0.2, -0.15) is 0 Å². The van der Waals surface area contributed by atoms with Gasteiger partial charge in [0.2, 0.25) is 5.91 Å². The normalized spacial score (nSPS) is 16.0. The Bertz CT molecular complexity index is 867. The maximum Gasteiger partial charge on any atom is 0.263 e. The van der Waals surface area contributed by atoms with E-state index in [1.54, 1.807) is 12.1 Å². The minimum atomic E-state index is -0.980. The summed E-state index contributed by atoms with van der Waals surface area (Å²) in [5.41, 5.74) is 7.89. The summed E-state index contributed by atoms with van der Waals surface area (Å²) in [6, 6.07) is 16.5. The highest BCUT2D eigenvalue weighted by atomic mass is 16.2. The van der Waals surface area contributed by atoms with Gasteiger partial charge in [-0.15, -0.1) is 0 Å². The summed E-state index contributed by atoms with van der Waals surface area (Å²) in [6.07, 6.45) is -0.805. The Hall–Kier alpha value is -3.19. The Morgan fingerprint density at radius 2 is 1.66 bits per heavy atom. The molecular formula is C22H26N4O3. The van der Waals surface area contributed by atoms with Crippen LogP contribution in [0.4, 0.5) is 0 Å². The number of nitrogens with one attached hydrogen (secondary N) is 1. The fourth-order valence-electron chi connectivity index (χ4n) is 3.41. The zero-order chi connectivity index (χ0) is 20.8. The number of amides is 3. The second-order valence-electron chi connectivity index (χ2n) is 7.07. The number of hydrogen-bond acceptors (Lipinski definition) is 4. The first kappa shape index (κ1) is 20.5. The molecule has 7 heteroatoms. The number of rotatable bonds is 6. The van der Waals surface area contributed by atoms with Crippen molar-refractivity contribution >= 4 is 17.7 Å². The van der Waals surface area contributed by atoms with Crippen molar-refractivity contribution in [2.24, 2.45) is 5.73 Å². The predicted octanol–water partition coefficient (Wildman–Crippen LogP) is 0.923.